The zero-order valence-electron chi connectivity index (χ0n) is 14.3. The van der Waals surface area contributed by atoms with Crippen LogP contribution in [0.2, 0.25) is 0 Å². The lowest BCUT2D eigenvalue weighted by Crippen LogP contribution is -2.17. The van der Waals surface area contributed by atoms with Gasteiger partial charge in [0.25, 0.3) is 0 Å². The summed E-state index contributed by atoms with van der Waals surface area (Å²) in [7, 11) is 0. The van der Waals surface area contributed by atoms with Crippen LogP contribution in [0.15, 0.2) is 23.3 Å². The average Bonchev–Trinajstić information content (AvgIpc) is 3.47. The topological polar surface area (TPSA) is 43.5 Å². The molecule has 3 fully saturated rings. The molecule has 6 unspecified atom stereocenters. The Morgan fingerprint density at radius 3 is 2.38 bits per heavy atom. The predicted molar refractivity (Wildman–Crippen MR) is 89.7 cm³/mol. The second-order valence-electron chi connectivity index (χ2n) is 8.08. The van der Waals surface area contributed by atoms with E-state index in [1.165, 1.54) is 12.8 Å². The Morgan fingerprint density at radius 2 is 1.67 bits per heavy atom. The maximum Gasteiger partial charge on any atom is 0.104 e. The molecule has 0 aromatic rings. The van der Waals surface area contributed by atoms with Crippen molar-refractivity contribution in [1.82, 2.24) is 0 Å². The first-order valence-electron chi connectivity index (χ1n) is 9.65. The highest BCUT2D eigenvalue weighted by Gasteiger charge is 2.49. The fraction of sp³-hybridized carbons (Fsp3) is 0.800. The lowest BCUT2D eigenvalue weighted by Gasteiger charge is -2.24. The van der Waals surface area contributed by atoms with E-state index in [2.05, 4.69) is 12.2 Å². The highest BCUT2D eigenvalue weighted by Crippen LogP contribution is 2.58. The van der Waals surface area contributed by atoms with Crippen LogP contribution in [0.5, 0.6) is 0 Å². The molecule has 4 heteroatoms. The fourth-order valence-electron chi connectivity index (χ4n) is 4.97. The van der Waals surface area contributed by atoms with Gasteiger partial charge in [-0.2, -0.15) is 0 Å². The molecule has 0 aromatic heterocycles. The van der Waals surface area contributed by atoms with E-state index in [0.29, 0.717) is 12.2 Å². The lowest BCUT2D eigenvalue weighted by molar-refractivity contribution is 0.117. The van der Waals surface area contributed by atoms with Crippen molar-refractivity contribution in [2.24, 2.45) is 23.7 Å². The molecule has 2 heterocycles. The van der Waals surface area contributed by atoms with Gasteiger partial charge in [0.1, 0.15) is 12.2 Å². The zero-order valence-corrected chi connectivity index (χ0v) is 14.3. The van der Waals surface area contributed by atoms with Crippen molar-refractivity contribution in [1.29, 1.82) is 0 Å². The van der Waals surface area contributed by atoms with Gasteiger partial charge in [-0.3, -0.25) is 0 Å². The molecule has 0 spiro atoms. The first-order chi connectivity index (χ1) is 11.9. The van der Waals surface area contributed by atoms with Crippen LogP contribution in [0.3, 0.4) is 0 Å². The van der Waals surface area contributed by atoms with Gasteiger partial charge in [0.05, 0.1) is 39.6 Å². The minimum Gasteiger partial charge on any atom is -0.378 e. The summed E-state index contributed by atoms with van der Waals surface area (Å²) in [6.45, 7) is 5.06. The van der Waals surface area contributed by atoms with Crippen LogP contribution in [-0.2, 0) is 18.9 Å². The first-order valence-corrected chi connectivity index (χ1v) is 9.65. The molecule has 0 aromatic carbocycles. The molecule has 1 saturated carbocycles. The highest BCUT2D eigenvalue weighted by molar-refractivity contribution is 5.31. The summed E-state index contributed by atoms with van der Waals surface area (Å²) in [5.41, 5.74) is 3.30. The second kappa shape index (κ2) is 6.56. The third-order valence-corrected chi connectivity index (χ3v) is 6.38. The standard InChI is InChI=1S/C20H28O4/c1(3-21-9-16-11-23-16)13-5-18-15-7-14(19(8-15)20(18)6-13)2-4-22-10-17-12-24-17/h6-7,15-20H,1-5,8-12H2. The van der Waals surface area contributed by atoms with Gasteiger partial charge in [0.2, 0.25) is 0 Å². The van der Waals surface area contributed by atoms with Gasteiger partial charge in [-0.15, -0.1) is 0 Å². The summed E-state index contributed by atoms with van der Waals surface area (Å²) >= 11 is 0. The third-order valence-electron chi connectivity index (χ3n) is 6.38. The fourth-order valence-corrected chi connectivity index (χ4v) is 4.97. The number of epoxide rings is 2. The molecule has 0 N–H and O–H groups in total. The molecule has 0 amide bonds. The van der Waals surface area contributed by atoms with Crippen LogP contribution in [-0.4, -0.2) is 51.8 Å². The number of hydrogen-bond donors (Lipinski definition) is 0. The summed E-state index contributed by atoms with van der Waals surface area (Å²) in [5, 5.41) is 0. The van der Waals surface area contributed by atoms with Crippen LogP contribution in [0.25, 0.3) is 0 Å². The Kier molecular flexibility index (Phi) is 4.26. The van der Waals surface area contributed by atoms with Crippen molar-refractivity contribution in [3.8, 4) is 0 Å². The van der Waals surface area contributed by atoms with Crippen molar-refractivity contribution >= 4 is 0 Å². The Bertz CT molecular complexity index is 532. The molecule has 6 atom stereocenters. The monoisotopic (exact) mass is 332 g/mol. The molecule has 4 nitrogen and oxygen atoms in total. The van der Waals surface area contributed by atoms with Gasteiger partial charge in [-0.05, 0) is 49.4 Å². The molecule has 24 heavy (non-hydrogen) atoms. The molecule has 2 aliphatic heterocycles. The van der Waals surface area contributed by atoms with Crippen LogP contribution < -0.4 is 0 Å². The van der Waals surface area contributed by atoms with Gasteiger partial charge in [-0.1, -0.05) is 23.3 Å². The Hall–Kier alpha value is -0.680. The molecule has 5 rings (SSSR count). The molecule has 2 bridgehead atoms. The largest absolute Gasteiger partial charge is 0.378 e. The van der Waals surface area contributed by atoms with E-state index >= 15 is 0 Å². The molecule has 0 radical (unpaired) electrons. The minimum atomic E-state index is 0.386. The van der Waals surface area contributed by atoms with Crippen molar-refractivity contribution in [2.45, 2.75) is 37.9 Å². The lowest BCUT2D eigenvalue weighted by atomic mass is 9.81. The SMILES string of the molecule is C1=C(CCOCC2CO2)CC2C3C=C(CCOCC4CO4)C(C3)C12. The second-order valence-corrected chi connectivity index (χ2v) is 8.08. The van der Waals surface area contributed by atoms with Gasteiger partial charge in [-0.25, -0.2) is 0 Å². The number of ether oxygens (including phenoxy) is 4. The molecule has 132 valence electrons. The van der Waals surface area contributed by atoms with E-state index in [1.807, 2.05) is 0 Å². The van der Waals surface area contributed by atoms with Crippen molar-refractivity contribution in [2.75, 3.05) is 39.6 Å². The summed E-state index contributed by atoms with van der Waals surface area (Å²) < 4.78 is 21.8. The number of allylic oxidation sites excluding steroid dienone is 2. The van der Waals surface area contributed by atoms with Gasteiger partial charge in [0.15, 0.2) is 0 Å². The summed E-state index contributed by atoms with van der Waals surface area (Å²) in [6, 6.07) is 0. The molecule has 3 aliphatic carbocycles. The Balaban J connectivity index is 1.08. The van der Waals surface area contributed by atoms with Crippen LogP contribution in [0, 0.1) is 23.7 Å². The average molecular weight is 332 g/mol. The molecular formula is C20H28O4. The van der Waals surface area contributed by atoms with Crippen molar-refractivity contribution in [3.63, 3.8) is 0 Å². The number of rotatable bonds is 10. The van der Waals surface area contributed by atoms with E-state index in [4.69, 9.17) is 18.9 Å². The number of fused-ring (bicyclic) bond motifs is 5. The normalized spacial score (nSPS) is 41.3. The summed E-state index contributed by atoms with van der Waals surface area (Å²) in [6.07, 6.45) is 10.9. The quantitative estimate of drug-likeness (QED) is 0.350. The van der Waals surface area contributed by atoms with Crippen molar-refractivity contribution < 1.29 is 18.9 Å². The first kappa shape index (κ1) is 15.6. The van der Waals surface area contributed by atoms with Gasteiger partial charge in [0, 0.05) is 0 Å². The van der Waals surface area contributed by atoms with Gasteiger partial charge >= 0.3 is 0 Å². The minimum absolute atomic E-state index is 0.386. The van der Waals surface area contributed by atoms with Crippen LogP contribution >= 0.6 is 0 Å². The van der Waals surface area contributed by atoms with E-state index in [-0.39, 0.29) is 0 Å². The maximum absolute atomic E-state index is 5.74. The van der Waals surface area contributed by atoms with Gasteiger partial charge < -0.3 is 18.9 Å². The summed E-state index contributed by atoms with van der Waals surface area (Å²) in [5.74, 6) is 3.28. The van der Waals surface area contributed by atoms with Crippen LogP contribution in [0.4, 0.5) is 0 Å². The third kappa shape index (κ3) is 3.34. The molecular weight excluding hydrogens is 304 g/mol. The Morgan fingerprint density at radius 1 is 0.958 bits per heavy atom. The van der Waals surface area contributed by atoms with Crippen molar-refractivity contribution in [3.05, 3.63) is 23.3 Å². The zero-order chi connectivity index (χ0) is 15.9. The van der Waals surface area contributed by atoms with Crippen LogP contribution in [0.1, 0.15) is 25.7 Å². The van der Waals surface area contributed by atoms with E-state index in [9.17, 15) is 0 Å². The smallest absolute Gasteiger partial charge is 0.104 e. The predicted octanol–water partition coefficient (Wildman–Crippen LogP) is 2.74. The van der Waals surface area contributed by atoms with E-state index in [0.717, 1.165) is 76.2 Å². The molecule has 5 aliphatic rings. The van der Waals surface area contributed by atoms with E-state index < -0.39 is 0 Å². The maximum atomic E-state index is 5.74. The highest BCUT2D eigenvalue weighted by atomic mass is 16.6. The summed E-state index contributed by atoms with van der Waals surface area (Å²) in [4.78, 5) is 0. The Labute approximate surface area is 144 Å². The van der Waals surface area contributed by atoms with E-state index in [1.54, 1.807) is 11.1 Å². The number of hydrogen-bond acceptors (Lipinski definition) is 4. The molecule has 2 saturated heterocycles.